The predicted molar refractivity (Wildman–Crippen MR) is 83.5 cm³/mol. The van der Waals surface area contributed by atoms with Crippen LogP contribution in [0.2, 0.25) is 5.02 Å². The third-order valence-electron chi connectivity index (χ3n) is 3.44. The summed E-state index contributed by atoms with van der Waals surface area (Å²) in [7, 11) is 1.73. The first-order valence-electron chi connectivity index (χ1n) is 7.25. The topological polar surface area (TPSA) is 37.4 Å². The highest BCUT2D eigenvalue weighted by Gasteiger charge is 2.29. The molecule has 1 aromatic heterocycles. The van der Waals surface area contributed by atoms with Crippen LogP contribution in [-0.2, 0) is 11.3 Å². The maximum Gasteiger partial charge on any atom is 0.129 e. The molecule has 2 rings (SSSR count). The second kappa shape index (κ2) is 7.25. The van der Waals surface area contributed by atoms with Gasteiger partial charge in [-0.05, 0) is 24.5 Å². The summed E-state index contributed by atoms with van der Waals surface area (Å²) in [6, 6.07) is 3.16. The van der Waals surface area contributed by atoms with Crippen LogP contribution in [0.5, 0.6) is 0 Å². The quantitative estimate of drug-likeness (QED) is 0.801. The molecule has 1 aliphatic rings. The van der Waals surface area contributed by atoms with Crippen molar-refractivity contribution < 1.29 is 4.74 Å². The number of anilines is 1. The summed E-state index contributed by atoms with van der Waals surface area (Å²) >= 11 is 6.24. The summed E-state index contributed by atoms with van der Waals surface area (Å²) in [6.07, 6.45) is 4.25. The molecule has 1 aliphatic carbocycles. The molecule has 1 N–H and O–H groups in total. The van der Waals surface area contributed by atoms with E-state index in [1.807, 2.05) is 0 Å². The average Bonchev–Trinajstić information content (AvgIpc) is 3.23. The standard InChI is InChI=1S/C15H24ClN3O/c1-11(2)17-9-12-8-15(18-10-14(12)16)19(6-7-20-3)13-4-5-13/h8,10-11,13,17H,4-7,9H2,1-3H3. The minimum absolute atomic E-state index is 0.440. The Labute approximate surface area is 126 Å². The minimum Gasteiger partial charge on any atom is -0.383 e. The molecule has 1 fully saturated rings. The molecule has 0 amide bonds. The van der Waals surface area contributed by atoms with E-state index >= 15 is 0 Å². The number of nitrogens with one attached hydrogen (secondary N) is 1. The van der Waals surface area contributed by atoms with E-state index in [-0.39, 0.29) is 0 Å². The van der Waals surface area contributed by atoms with Gasteiger partial charge >= 0.3 is 0 Å². The number of ether oxygens (including phenoxy) is 1. The molecule has 5 heteroatoms. The lowest BCUT2D eigenvalue weighted by Gasteiger charge is -2.24. The van der Waals surface area contributed by atoms with E-state index in [1.54, 1.807) is 13.3 Å². The van der Waals surface area contributed by atoms with Gasteiger partial charge in [-0.25, -0.2) is 4.98 Å². The first-order valence-corrected chi connectivity index (χ1v) is 7.63. The van der Waals surface area contributed by atoms with E-state index in [9.17, 15) is 0 Å². The van der Waals surface area contributed by atoms with E-state index in [0.717, 1.165) is 36.1 Å². The van der Waals surface area contributed by atoms with Crippen molar-refractivity contribution in [1.29, 1.82) is 0 Å². The zero-order valence-electron chi connectivity index (χ0n) is 12.5. The fourth-order valence-electron chi connectivity index (χ4n) is 2.13. The smallest absolute Gasteiger partial charge is 0.129 e. The van der Waals surface area contributed by atoms with Crippen molar-refractivity contribution in [3.8, 4) is 0 Å². The molecular formula is C15H24ClN3O. The first kappa shape index (κ1) is 15.5. The molecule has 0 radical (unpaired) electrons. The molecule has 1 heterocycles. The summed E-state index contributed by atoms with van der Waals surface area (Å²) in [5.41, 5.74) is 1.11. The lowest BCUT2D eigenvalue weighted by atomic mass is 10.2. The van der Waals surface area contributed by atoms with Gasteiger partial charge in [0.25, 0.3) is 0 Å². The zero-order valence-corrected chi connectivity index (χ0v) is 13.3. The number of rotatable bonds is 8. The highest BCUT2D eigenvalue weighted by molar-refractivity contribution is 6.31. The van der Waals surface area contributed by atoms with Gasteiger partial charge < -0.3 is 15.0 Å². The Hall–Kier alpha value is -0.840. The minimum atomic E-state index is 0.440. The Morgan fingerprint density at radius 1 is 1.50 bits per heavy atom. The second-order valence-electron chi connectivity index (χ2n) is 5.59. The van der Waals surface area contributed by atoms with E-state index in [0.29, 0.717) is 12.1 Å². The highest BCUT2D eigenvalue weighted by Crippen LogP contribution is 2.31. The Kier molecular flexibility index (Phi) is 5.64. The van der Waals surface area contributed by atoms with Gasteiger partial charge in [-0.3, -0.25) is 0 Å². The van der Waals surface area contributed by atoms with Gasteiger partial charge in [-0.15, -0.1) is 0 Å². The third kappa shape index (κ3) is 4.33. The van der Waals surface area contributed by atoms with Gasteiger partial charge in [0.1, 0.15) is 5.82 Å². The molecule has 1 aromatic rings. The zero-order chi connectivity index (χ0) is 14.5. The van der Waals surface area contributed by atoms with Gasteiger partial charge in [0.05, 0.1) is 11.6 Å². The van der Waals surface area contributed by atoms with Crippen LogP contribution in [0.1, 0.15) is 32.3 Å². The highest BCUT2D eigenvalue weighted by atomic mass is 35.5. The molecule has 1 saturated carbocycles. The fourth-order valence-corrected chi connectivity index (χ4v) is 2.30. The van der Waals surface area contributed by atoms with Crippen molar-refractivity contribution in [3.63, 3.8) is 0 Å². The van der Waals surface area contributed by atoms with Crippen LogP contribution in [0.3, 0.4) is 0 Å². The molecule has 20 heavy (non-hydrogen) atoms. The van der Waals surface area contributed by atoms with Gasteiger partial charge in [0, 0.05) is 38.5 Å². The third-order valence-corrected chi connectivity index (χ3v) is 3.78. The van der Waals surface area contributed by atoms with Crippen LogP contribution in [0.4, 0.5) is 5.82 Å². The Morgan fingerprint density at radius 2 is 2.25 bits per heavy atom. The summed E-state index contributed by atoms with van der Waals surface area (Å²) in [6.45, 7) is 6.64. The van der Waals surface area contributed by atoms with Crippen molar-refractivity contribution in [3.05, 3.63) is 22.8 Å². The predicted octanol–water partition coefficient (Wildman–Crippen LogP) is 2.85. The summed E-state index contributed by atoms with van der Waals surface area (Å²) in [5.74, 6) is 1.01. The maximum absolute atomic E-state index is 6.24. The Morgan fingerprint density at radius 3 is 2.85 bits per heavy atom. The average molecular weight is 298 g/mol. The van der Waals surface area contributed by atoms with Crippen LogP contribution in [0.15, 0.2) is 12.3 Å². The molecule has 0 bridgehead atoms. The Bertz CT molecular complexity index is 435. The van der Waals surface area contributed by atoms with Gasteiger partial charge in [-0.2, -0.15) is 0 Å². The van der Waals surface area contributed by atoms with E-state index in [1.165, 1.54) is 12.8 Å². The van der Waals surface area contributed by atoms with Crippen LogP contribution in [-0.4, -0.2) is 37.3 Å². The molecule has 0 aromatic carbocycles. The van der Waals surface area contributed by atoms with E-state index < -0.39 is 0 Å². The molecule has 0 unspecified atom stereocenters. The number of hydrogen-bond acceptors (Lipinski definition) is 4. The van der Waals surface area contributed by atoms with Gasteiger partial charge in [0.2, 0.25) is 0 Å². The van der Waals surface area contributed by atoms with Crippen LogP contribution < -0.4 is 10.2 Å². The van der Waals surface area contributed by atoms with Crippen molar-refractivity contribution in [1.82, 2.24) is 10.3 Å². The van der Waals surface area contributed by atoms with Crippen LogP contribution >= 0.6 is 11.6 Å². The lowest BCUT2D eigenvalue weighted by molar-refractivity contribution is 0.204. The second-order valence-corrected chi connectivity index (χ2v) is 5.99. The summed E-state index contributed by atoms with van der Waals surface area (Å²) in [5, 5.41) is 4.13. The first-order chi connectivity index (χ1) is 9.61. The van der Waals surface area contributed by atoms with E-state index in [4.69, 9.17) is 16.3 Å². The van der Waals surface area contributed by atoms with Crippen molar-refractivity contribution in [2.45, 2.75) is 45.3 Å². The van der Waals surface area contributed by atoms with Crippen molar-refractivity contribution >= 4 is 17.4 Å². The fraction of sp³-hybridized carbons (Fsp3) is 0.667. The van der Waals surface area contributed by atoms with Crippen molar-refractivity contribution in [2.75, 3.05) is 25.2 Å². The maximum atomic E-state index is 6.24. The SMILES string of the molecule is COCCN(c1cc(CNC(C)C)c(Cl)cn1)C1CC1. The number of halogens is 1. The molecule has 0 aliphatic heterocycles. The molecule has 0 saturated heterocycles. The molecule has 0 atom stereocenters. The number of aromatic nitrogens is 1. The van der Waals surface area contributed by atoms with Crippen LogP contribution in [0.25, 0.3) is 0 Å². The number of hydrogen-bond donors (Lipinski definition) is 1. The summed E-state index contributed by atoms with van der Waals surface area (Å²) < 4.78 is 5.20. The van der Waals surface area contributed by atoms with E-state index in [2.05, 4.69) is 35.1 Å². The normalized spacial score (nSPS) is 14.8. The lowest BCUT2D eigenvalue weighted by Crippen LogP contribution is -2.30. The van der Waals surface area contributed by atoms with Gasteiger partial charge in [-0.1, -0.05) is 25.4 Å². The monoisotopic (exact) mass is 297 g/mol. The molecule has 4 nitrogen and oxygen atoms in total. The Balaban J connectivity index is 2.11. The number of pyridine rings is 1. The van der Waals surface area contributed by atoms with Gasteiger partial charge in [0.15, 0.2) is 0 Å². The van der Waals surface area contributed by atoms with Crippen molar-refractivity contribution in [2.24, 2.45) is 0 Å². The molecule has 0 spiro atoms. The number of methoxy groups -OCH3 is 1. The summed E-state index contributed by atoms with van der Waals surface area (Å²) in [4.78, 5) is 6.82. The molecular weight excluding hydrogens is 274 g/mol. The van der Waals surface area contributed by atoms with Crippen LogP contribution in [0, 0.1) is 0 Å². The molecule has 112 valence electrons. The number of nitrogens with zero attached hydrogens (tertiary/aromatic N) is 2. The largest absolute Gasteiger partial charge is 0.383 e.